The van der Waals surface area contributed by atoms with Crippen molar-refractivity contribution in [3.8, 4) is 21.7 Å². The summed E-state index contributed by atoms with van der Waals surface area (Å²) in [6.45, 7) is 3.93. The predicted octanol–water partition coefficient (Wildman–Crippen LogP) is 6.35. The molecule has 0 aliphatic heterocycles. The van der Waals surface area contributed by atoms with Crippen LogP contribution in [0.1, 0.15) is 21.5 Å². The van der Waals surface area contributed by atoms with Gasteiger partial charge in [0.25, 0.3) is 5.91 Å². The molecule has 0 aliphatic carbocycles. The highest BCUT2D eigenvalue weighted by molar-refractivity contribution is 7.19. The van der Waals surface area contributed by atoms with Gasteiger partial charge < -0.3 is 0 Å². The topological polar surface area (TPSA) is 42.0 Å². The van der Waals surface area contributed by atoms with Crippen molar-refractivity contribution in [3.63, 3.8) is 0 Å². The molecule has 0 radical (unpaired) electrons. The molecule has 28 heavy (non-hydrogen) atoms. The molecule has 3 aromatic carbocycles. The largest absolute Gasteiger partial charge is 0.298 e. The summed E-state index contributed by atoms with van der Waals surface area (Å²) in [5, 5.41) is 3.60. The van der Waals surface area contributed by atoms with Crippen LogP contribution in [0.5, 0.6) is 0 Å². The van der Waals surface area contributed by atoms with E-state index in [4.69, 9.17) is 4.98 Å². The molecule has 4 rings (SSSR count). The molecule has 1 amide bonds. The molecule has 0 unspecified atom stereocenters. The lowest BCUT2D eigenvalue weighted by Crippen LogP contribution is -2.13. The molecule has 138 valence electrons. The van der Waals surface area contributed by atoms with Crippen LogP contribution in [0.3, 0.4) is 0 Å². The maximum Gasteiger partial charge on any atom is 0.257 e. The SMILES string of the molecule is Cc1ccc(C)c(C(=O)Nc2nc(-c3ccccc3)c(-c3ccccc3)s2)c1. The summed E-state index contributed by atoms with van der Waals surface area (Å²) in [6.07, 6.45) is 0. The summed E-state index contributed by atoms with van der Waals surface area (Å²) >= 11 is 1.50. The Morgan fingerprint density at radius 3 is 2.18 bits per heavy atom. The van der Waals surface area contributed by atoms with Gasteiger partial charge in [-0.25, -0.2) is 4.98 Å². The van der Waals surface area contributed by atoms with E-state index < -0.39 is 0 Å². The second-order valence-corrected chi connectivity index (χ2v) is 7.70. The van der Waals surface area contributed by atoms with Gasteiger partial charge in [-0.1, -0.05) is 89.7 Å². The Kier molecular flexibility index (Phi) is 5.04. The molecule has 0 spiro atoms. The van der Waals surface area contributed by atoms with E-state index in [0.717, 1.165) is 32.8 Å². The van der Waals surface area contributed by atoms with Crippen LogP contribution in [0, 0.1) is 13.8 Å². The predicted molar refractivity (Wildman–Crippen MR) is 117 cm³/mol. The summed E-state index contributed by atoms with van der Waals surface area (Å²) < 4.78 is 0. The highest BCUT2D eigenvalue weighted by atomic mass is 32.1. The fourth-order valence-electron chi connectivity index (χ4n) is 3.10. The van der Waals surface area contributed by atoms with Crippen molar-refractivity contribution in [2.45, 2.75) is 13.8 Å². The lowest BCUT2D eigenvalue weighted by molar-refractivity contribution is 0.102. The Hall–Kier alpha value is -3.24. The van der Waals surface area contributed by atoms with Crippen molar-refractivity contribution in [3.05, 3.63) is 95.6 Å². The summed E-state index contributed by atoms with van der Waals surface area (Å²) in [4.78, 5) is 18.6. The van der Waals surface area contributed by atoms with Gasteiger partial charge in [-0.15, -0.1) is 0 Å². The molecule has 0 fully saturated rings. The number of nitrogens with one attached hydrogen (secondary N) is 1. The van der Waals surface area contributed by atoms with Crippen LogP contribution in [-0.2, 0) is 0 Å². The van der Waals surface area contributed by atoms with E-state index >= 15 is 0 Å². The maximum atomic E-state index is 12.8. The van der Waals surface area contributed by atoms with Gasteiger partial charge in [0, 0.05) is 11.1 Å². The van der Waals surface area contributed by atoms with Gasteiger partial charge in [0.05, 0.1) is 10.6 Å². The number of aryl methyl sites for hydroxylation is 2. The molecule has 3 nitrogen and oxygen atoms in total. The number of carbonyl (C=O) groups excluding carboxylic acids is 1. The Balaban J connectivity index is 1.73. The third-order valence-electron chi connectivity index (χ3n) is 4.57. The number of nitrogens with zero attached hydrogens (tertiary/aromatic N) is 1. The van der Waals surface area contributed by atoms with E-state index in [-0.39, 0.29) is 5.91 Å². The number of carbonyl (C=O) groups is 1. The first-order chi connectivity index (χ1) is 13.6. The lowest BCUT2D eigenvalue weighted by Gasteiger charge is -2.06. The van der Waals surface area contributed by atoms with Crippen molar-refractivity contribution in [1.82, 2.24) is 4.98 Å². The fraction of sp³-hybridized carbons (Fsp3) is 0.0833. The fourth-order valence-corrected chi connectivity index (χ4v) is 4.08. The molecule has 0 saturated carbocycles. The Bertz CT molecular complexity index is 1060. The second kappa shape index (κ2) is 7.79. The van der Waals surface area contributed by atoms with Crippen LogP contribution in [-0.4, -0.2) is 10.9 Å². The van der Waals surface area contributed by atoms with Gasteiger partial charge in [-0.3, -0.25) is 10.1 Å². The average Bonchev–Trinajstić information content (AvgIpc) is 3.15. The molecule has 0 bridgehead atoms. The van der Waals surface area contributed by atoms with Crippen molar-refractivity contribution >= 4 is 22.4 Å². The highest BCUT2D eigenvalue weighted by Crippen LogP contribution is 2.39. The first-order valence-corrected chi connectivity index (χ1v) is 9.94. The standard InChI is InChI=1S/C24H20N2OS/c1-16-13-14-17(2)20(15-16)23(27)26-24-25-21(18-9-5-3-6-10-18)22(28-24)19-11-7-4-8-12-19/h3-15H,1-2H3,(H,25,26,27). The smallest absolute Gasteiger partial charge is 0.257 e. The van der Waals surface area contributed by atoms with E-state index in [1.807, 2.05) is 80.6 Å². The molecular weight excluding hydrogens is 364 g/mol. The number of amides is 1. The van der Waals surface area contributed by atoms with Crippen molar-refractivity contribution < 1.29 is 4.79 Å². The Labute approximate surface area is 168 Å². The van der Waals surface area contributed by atoms with Gasteiger partial charge in [-0.2, -0.15) is 0 Å². The van der Waals surface area contributed by atoms with Gasteiger partial charge in [0.15, 0.2) is 5.13 Å². The number of anilines is 1. The Morgan fingerprint density at radius 1 is 0.857 bits per heavy atom. The van der Waals surface area contributed by atoms with Crippen LogP contribution < -0.4 is 5.32 Å². The van der Waals surface area contributed by atoms with Crippen LogP contribution >= 0.6 is 11.3 Å². The van der Waals surface area contributed by atoms with E-state index in [0.29, 0.717) is 10.7 Å². The zero-order valence-corrected chi connectivity index (χ0v) is 16.6. The second-order valence-electron chi connectivity index (χ2n) is 6.70. The molecule has 1 aromatic heterocycles. The van der Waals surface area contributed by atoms with Crippen LogP contribution in [0.2, 0.25) is 0 Å². The number of rotatable bonds is 4. The molecule has 0 aliphatic rings. The van der Waals surface area contributed by atoms with Crippen LogP contribution in [0.15, 0.2) is 78.9 Å². The summed E-state index contributed by atoms with van der Waals surface area (Å²) in [5.41, 5.74) is 5.69. The minimum Gasteiger partial charge on any atom is -0.298 e. The highest BCUT2D eigenvalue weighted by Gasteiger charge is 2.17. The molecule has 1 heterocycles. The maximum absolute atomic E-state index is 12.8. The first-order valence-electron chi connectivity index (χ1n) is 9.12. The summed E-state index contributed by atoms with van der Waals surface area (Å²) in [7, 11) is 0. The van der Waals surface area contributed by atoms with Crippen molar-refractivity contribution in [1.29, 1.82) is 0 Å². The normalized spacial score (nSPS) is 10.6. The number of thiazole rings is 1. The molecule has 1 N–H and O–H groups in total. The van der Waals surface area contributed by atoms with Crippen molar-refractivity contribution in [2.24, 2.45) is 0 Å². The minimum absolute atomic E-state index is 0.130. The molecule has 0 atom stereocenters. The molecular formula is C24H20N2OS. The van der Waals surface area contributed by atoms with Crippen molar-refractivity contribution in [2.75, 3.05) is 5.32 Å². The zero-order chi connectivity index (χ0) is 19.5. The van der Waals surface area contributed by atoms with E-state index in [9.17, 15) is 4.79 Å². The summed E-state index contributed by atoms with van der Waals surface area (Å²) in [5.74, 6) is -0.130. The van der Waals surface area contributed by atoms with Gasteiger partial charge in [-0.05, 0) is 31.0 Å². The Morgan fingerprint density at radius 2 is 1.50 bits per heavy atom. The summed E-state index contributed by atoms with van der Waals surface area (Å²) in [6, 6.07) is 26.1. The zero-order valence-electron chi connectivity index (χ0n) is 15.8. The third-order valence-corrected chi connectivity index (χ3v) is 5.59. The number of aromatic nitrogens is 1. The molecule has 4 heteroatoms. The van der Waals surface area contributed by atoms with Gasteiger partial charge in [0.2, 0.25) is 0 Å². The first kappa shape index (κ1) is 18.1. The van der Waals surface area contributed by atoms with Gasteiger partial charge in [0.1, 0.15) is 0 Å². The van der Waals surface area contributed by atoms with Crippen LogP contribution in [0.4, 0.5) is 5.13 Å². The van der Waals surface area contributed by atoms with E-state index in [1.165, 1.54) is 11.3 Å². The quantitative estimate of drug-likeness (QED) is 0.446. The van der Waals surface area contributed by atoms with E-state index in [2.05, 4.69) is 17.4 Å². The number of hydrogen-bond acceptors (Lipinski definition) is 3. The lowest BCUT2D eigenvalue weighted by atomic mass is 10.1. The van der Waals surface area contributed by atoms with E-state index in [1.54, 1.807) is 0 Å². The average molecular weight is 385 g/mol. The number of benzene rings is 3. The minimum atomic E-state index is -0.130. The molecule has 4 aromatic rings. The van der Waals surface area contributed by atoms with Gasteiger partial charge >= 0.3 is 0 Å². The molecule has 0 saturated heterocycles. The number of hydrogen-bond donors (Lipinski definition) is 1. The third kappa shape index (κ3) is 3.73. The monoisotopic (exact) mass is 384 g/mol. The van der Waals surface area contributed by atoms with Crippen LogP contribution in [0.25, 0.3) is 21.7 Å².